The number of hydrogen-bond acceptors (Lipinski definition) is 4. The first kappa shape index (κ1) is 17.2. The molecular formula is C17H34N2O2. The molecule has 4 nitrogen and oxygen atoms in total. The van der Waals surface area contributed by atoms with Gasteiger partial charge in [-0.2, -0.15) is 0 Å². The van der Waals surface area contributed by atoms with E-state index in [1.807, 2.05) is 0 Å². The van der Waals surface area contributed by atoms with Crippen molar-refractivity contribution in [2.45, 2.75) is 45.6 Å². The molecular weight excluding hydrogens is 264 g/mol. The molecule has 2 heterocycles. The summed E-state index contributed by atoms with van der Waals surface area (Å²) in [5.41, 5.74) is 0.382. The summed E-state index contributed by atoms with van der Waals surface area (Å²) < 4.78 is 11.2. The van der Waals surface area contributed by atoms with Crippen LogP contribution in [0.15, 0.2) is 0 Å². The van der Waals surface area contributed by atoms with Crippen LogP contribution in [0.3, 0.4) is 0 Å². The smallest absolute Gasteiger partial charge is 0.0506 e. The number of nitrogens with one attached hydrogen (secondary N) is 1. The second kappa shape index (κ2) is 8.47. The van der Waals surface area contributed by atoms with Gasteiger partial charge in [0, 0.05) is 45.5 Å². The van der Waals surface area contributed by atoms with Gasteiger partial charge in [-0.15, -0.1) is 0 Å². The van der Waals surface area contributed by atoms with Crippen molar-refractivity contribution in [1.29, 1.82) is 0 Å². The fourth-order valence-corrected chi connectivity index (χ4v) is 3.65. The topological polar surface area (TPSA) is 33.7 Å². The van der Waals surface area contributed by atoms with Gasteiger partial charge in [0.1, 0.15) is 0 Å². The van der Waals surface area contributed by atoms with Gasteiger partial charge in [-0.05, 0) is 44.1 Å². The second-order valence-corrected chi connectivity index (χ2v) is 7.43. The van der Waals surface area contributed by atoms with Crippen LogP contribution in [0.1, 0.15) is 39.5 Å². The van der Waals surface area contributed by atoms with E-state index in [0.717, 1.165) is 38.9 Å². The van der Waals surface area contributed by atoms with Crippen molar-refractivity contribution in [2.75, 3.05) is 53.1 Å². The van der Waals surface area contributed by atoms with Gasteiger partial charge in [-0.25, -0.2) is 0 Å². The average Bonchev–Trinajstić information content (AvgIpc) is 2.47. The molecule has 2 aliphatic heterocycles. The quantitative estimate of drug-likeness (QED) is 0.781. The molecule has 0 aliphatic carbocycles. The van der Waals surface area contributed by atoms with E-state index >= 15 is 0 Å². The molecule has 2 rings (SSSR count). The summed E-state index contributed by atoms with van der Waals surface area (Å²) in [4.78, 5) is 2.53. The van der Waals surface area contributed by atoms with Crippen LogP contribution in [0.4, 0.5) is 0 Å². The minimum atomic E-state index is 0.382. The molecule has 1 unspecified atom stereocenters. The first-order valence-electron chi connectivity index (χ1n) is 8.67. The fourth-order valence-electron chi connectivity index (χ4n) is 3.65. The Balaban J connectivity index is 1.84. The van der Waals surface area contributed by atoms with E-state index in [-0.39, 0.29) is 0 Å². The molecule has 124 valence electrons. The van der Waals surface area contributed by atoms with E-state index in [1.165, 1.54) is 38.8 Å². The van der Waals surface area contributed by atoms with E-state index in [4.69, 9.17) is 9.47 Å². The Morgan fingerprint density at radius 3 is 2.57 bits per heavy atom. The molecule has 21 heavy (non-hydrogen) atoms. The molecule has 0 amide bonds. The standard InChI is InChI=1S/C17H34N2O2/c1-15(2)18-13-17(6-9-20-10-7-17)14-19(3)11-16-5-4-8-21-12-16/h15-16,18H,4-14H2,1-3H3. The maximum atomic E-state index is 5.62. The van der Waals surface area contributed by atoms with Gasteiger partial charge < -0.3 is 19.7 Å². The maximum absolute atomic E-state index is 5.62. The molecule has 2 aliphatic rings. The van der Waals surface area contributed by atoms with Gasteiger partial charge in [0.15, 0.2) is 0 Å². The van der Waals surface area contributed by atoms with E-state index in [9.17, 15) is 0 Å². The summed E-state index contributed by atoms with van der Waals surface area (Å²) in [6.07, 6.45) is 4.91. The van der Waals surface area contributed by atoms with Crippen molar-refractivity contribution >= 4 is 0 Å². The molecule has 1 atom stereocenters. The third kappa shape index (κ3) is 5.85. The van der Waals surface area contributed by atoms with Crippen LogP contribution >= 0.6 is 0 Å². The summed E-state index contributed by atoms with van der Waals surface area (Å²) in [6, 6.07) is 0.557. The molecule has 0 saturated carbocycles. The van der Waals surface area contributed by atoms with Gasteiger partial charge in [0.25, 0.3) is 0 Å². The lowest BCUT2D eigenvalue weighted by Crippen LogP contribution is -2.48. The van der Waals surface area contributed by atoms with Crippen molar-refractivity contribution in [3.8, 4) is 0 Å². The SMILES string of the molecule is CC(C)NCC1(CN(C)CC2CCCOC2)CCOCC1. The molecule has 2 fully saturated rings. The van der Waals surface area contributed by atoms with Gasteiger partial charge in [-0.3, -0.25) is 0 Å². The van der Waals surface area contributed by atoms with E-state index < -0.39 is 0 Å². The van der Waals surface area contributed by atoms with Crippen LogP contribution in [0.25, 0.3) is 0 Å². The monoisotopic (exact) mass is 298 g/mol. The summed E-state index contributed by atoms with van der Waals surface area (Å²) in [7, 11) is 2.28. The molecule has 0 spiro atoms. The predicted octanol–water partition coefficient (Wildman–Crippen LogP) is 2.14. The van der Waals surface area contributed by atoms with Crippen molar-refractivity contribution in [2.24, 2.45) is 11.3 Å². The second-order valence-electron chi connectivity index (χ2n) is 7.43. The number of hydrogen-bond donors (Lipinski definition) is 1. The molecule has 0 aromatic heterocycles. The minimum absolute atomic E-state index is 0.382. The summed E-state index contributed by atoms with van der Waals surface area (Å²) in [5, 5.41) is 3.66. The Morgan fingerprint density at radius 1 is 1.19 bits per heavy atom. The maximum Gasteiger partial charge on any atom is 0.0506 e. The Kier molecular flexibility index (Phi) is 6.93. The van der Waals surface area contributed by atoms with Gasteiger partial charge in [0.2, 0.25) is 0 Å². The van der Waals surface area contributed by atoms with Crippen LogP contribution in [0.5, 0.6) is 0 Å². The summed E-state index contributed by atoms with van der Waals surface area (Å²) >= 11 is 0. The third-order valence-electron chi connectivity index (χ3n) is 4.87. The largest absolute Gasteiger partial charge is 0.381 e. The molecule has 1 N–H and O–H groups in total. The zero-order chi connectivity index (χ0) is 15.1. The molecule has 4 heteroatoms. The summed E-state index contributed by atoms with van der Waals surface area (Å²) in [5.74, 6) is 0.721. The van der Waals surface area contributed by atoms with E-state index in [2.05, 4.69) is 31.1 Å². The highest BCUT2D eigenvalue weighted by atomic mass is 16.5. The normalized spacial score (nSPS) is 26.4. The van der Waals surface area contributed by atoms with Crippen LogP contribution in [-0.4, -0.2) is 64.1 Å². The lowest BCUT2D eigenvalue weighted by molar-refractivity contribution is -0.0104. The van der Waals surface area contributed by atoms with Crippen LogP contribution in [0, 0.1) is 11.3 Å². The Bertz CT molecular complexity index is 285. The first-order valence-corrected chi connectivity index (χ1v) is 8.67. The third-order valence-corrected chi connectivity index (χ3v) is 4.87. The van der Waals surface area contributed by atoms with Crippen molar-refractivity contribution in [3.63, 3.8) is 0 Å². The van der Waals surface area contributed by atoms with Crippen molar-refractivity contribution < 1.29 is 9.47 Å². The zero-order valence-corrected chi connectivity index (χ0v) is 14.2. The lowest BCUT2D eigenvalue weighted by atomic mass is 9.79. The van der Waals surface area contributed by atoms with Crippen molar-refractivity contribution in [3.05, 3.63) is 0 Å². The highest BCUT2D eigenvalue weighted by Crippen LogP contribution is 2.31. The lowest BCUT2D eigenvalue weighted by Gasteiger charge is -2.41. The van der Waals surface area contributed by atoms with Crippen LogP contribution < -0.4 is 5.32 Å². The highest BCUT2D eigenvalue weighted by Gasteiger charge is 2.34. The molecule has 0 bridgehead atoms. The number of rotatable bonds is 7. The Morgan fingerprint density at radius 2 is 1.95 bits per heavy atom. The average molecular weight is 298 g/mol. The summed E-state index contributed by atoms with van der Waals surface area (Å²) in [6.45, 7) is 11.7. The fraction of sp³-hybridized carbons (Fsp3) is 1.00. The van der Waals surface area contributed by atoms with Gasteiger partial charge in [-0.1, -0.05) is 13.8 Å². The first-order chi connectivity index (χ1) is 10.1. The zero-order valence-electron chi connectivity index (χ0n) is 14.2. The molecule has 0 radical (unpaired) electrons. The molecule has 2 saturated heterocycles. The molecule has 0 aromatic carbocycles. The van der Waals surface area contributed by atoms with E-state index in [0.29, 0.717) is 11.5 Å². The van der Waals surface area contributed by atoms with E-state index in [1.54, 1.807) is 0 Å². The predicted molar refractivity (Wildman–Crippen MR) is 86.7 cm³/mol. The van der Waals surface area contributed by atoms with Crippen LogP contribution in [-0.2, 0) is 9.47 Å². The van der Waals surface area contributed by atoms with Crippen LogP contribution in [0.2, 0.25) is 0 Å². The van der Waals surface area contributed by atoms with Crippen molar-refractivity contribution in [1.82, 2.24) is 10.2 Å². The van der Waals surface area contributed by atoms with Gasteiger partial charge >= 0.3 is 0 Å². The number of nitrogens with zero attached hydrogens (tertiary/aromatic N) is 1. The Labute approximate surface area is 130 Å². The highest BCUT2D eigenvalue weighted by molar-refractivity contribution is 4.87. The van der Waals surface area contributed by atoms with Gasteiger partial charge in [0.05, 0.1) is 6.61 Å². The minimum Gasteiger partial charge on any atom is -0.381 e. The number of ether oxygens (including phenoxy) is 2. The molecule has 0 aromatic rings. The Hall–Kier alpha value is -0.160.